The number of hydrogen-bond acceptors (Lipinski definition) is 7. The molecule has 1 aromatic carbocycles. The van der Waals surface area contributed by atoms with Crippen molar-refractivity contribution in [3.63, 3.8) is 0 Å². The molecule has 0 bridgehead atoms. The van der Waals surface area contributed by atoms with E-state index in [1.807, 2.05) is 31.0 Å². The number of nitrogens with one attached hydrogen (secondary N) is 1. The minimum Gasteiger partial charge on any atom is -0.494 e. The quantitative estimate of drug-likeness (QED) is 0.508. The van der Waals surface area contributed by atoms with Gasteiger partial charge in [0.15, 0.2) is 9.84 Å². The van der Waals surface area contributed by atoms with Crippen molar-refractivity contribution < 1.29 is 13.2 Å². The number of aryl methyl sites for hydroxylation is 1. The number of benzene rings is 1. The zero-order valence-corrected chi connectivity index (χ0v) is 18.6. The summed E-state index contributed by atoms with van der Waals surface area (Å²) >= 11 is 0. The van der Waals surface area contributed by atoms with Gasteiger partial charge in [-0.3, -0.25) is 4.79 Å². The van der Waals surface area contributed by atoms with Gasteiger partial charge >= 0.3 is 0 Å². The van der Waals surface area contributed by atoms with Crippen LogP contribution in [-0.2, 0) is 16.3 Å². The van der Waals surface area contributed by atoms with E-state index in [1.54, 1.807) is 30.5 Å². The molecular weight excluding hydrogens is 416 g/mol. The first kappa shape index (κ1) is 22.5. The van der Waals surface area contributed by atoms with Crippen molar-refractivity contribution in [1.29, 1.82) is 0 Å². The van der Waals surface area contributed by atoms with Gasteiger partial charge in [-0.1, -0.05) is 6.92 Å². The summed E-state index contributed by atoms with van der Waals surface area (Å²) in [4.78, 5) is 25.7. The SMILES string of the molecule is CCc1cc(=O)[nH]c(-c2ccc(N(C)CCCOc3ccc(S(C)(=O)=O)cc3)nc2)n1. The number of aromatic amines is 1. The summed E-state index contributed by atoms with van der Waals surface area (Å²) in [7, 11) is -1.26. The molecule has 164 valence electrons. The second-order valence-electron chi connectivity index (χ2n) is 7.21. The highest BCUT2D eigenvalue weighted by atomic mass is 32.2. The summed E-state index contributed by atoms with van der Waals surface area (Å²) in [6.07, 6.45) is 4.33. The zero-order chi connectivity index (χ0) is 22.4. The Kier molecular flexibility index (Phi) is 7.06. The Morgan fingerprint density at radius 2 is 1.87 bits per heavy atom. The van der Waals surface area contributed by atoms with Gasteiger partial charge in [0.25, 0.3) is 5.56 Å². The molecule has 0 unspecified atom stereocenters. The normalized spacial score (nSPS) is 11.3. The summed E-state index contributed by atoms with van der Waals surface area (Å²) < 4.78 is 28.7. The van der Waals surface area contributed by atoms with E-state index in [0.29, 0.717) is 24.6 Å². The first-order chi connectivity index (χ1) is 14.8. The number of hydrogen-bond donors (Lipinski definition) is 1. The highest BCUT2D eigenvalue weighted by molar-refractivity contribution is 7.90. The van der Waals surface area contributed by atoms with Crippen LogP contribution in [0.1, 0.15) is 19.0 Å². The minimum atomic E-state index is -3.20. The van der Waals surface area contributed by atoms with E-state index in [1.165, 1.54) is 12.3 Å². The van der Waals surface area contributed by atoms with Gasteiger partial charge in [-0.15, -0.1) is 0 Å². The summed E-state index contributed by atoms with van der Waals surface area (Å²) in [5.74, 6) is 1.95. The standard InChI is InChI=1S/C22H26N4O4S/c1-4-17-14-21(27)25-22(24-17)16-6-11-20(23-15-16)26(2)12-5-13-30-18-7-9-19(10-8-18)31(3,28)29/h6-11,14-15H,4-5,12-13H2,1-3H3,(H,24,25,27). The highest BCUT2D eigenvalue weighted by Gasteiger charge is 2.08. The Labute approximate surface area is 181 Å². The van der Waals surface area contributed by atoms with Crippen molar-refractivity contribution in [2.45, 2.75) is 24.7 Å². The van der Waals surface area contributed by atoms with Gasteiger partial charge in [-0.05, 0) is 49.2 Å². The van der Waals surface area contributed by atoms with Crippen molar-refractivity contribution >= 4 is 15.7 Å². The topological polar surface area (TPSA) is 105 Å². The van der Waals surface area contributed by atoms with E-state index in [4.69, 9.17) is 4.74 Å². The molecule has 0 aliphatic rings. The van der Waals surface area contributed by atoms with Crippen molar-refractivity contribution in [3.8, 4) is 17.1 Å². The Morgan fingerprint density at radius 3 is 2.48 bits per heavy atom. The lowest BCUT2D eigenvalue weighted by Gasteiger charge is -2.18. The lowest BCUT2D eigenvalue weighted by Crippen LogP contribution is -2.21. The van der Waals surface area contributed by atoms with Crippen molar-refractivity contribution in [2.24, 2.45) is 0 Å². The molecule has 0 aliphatic carbocycles. The molecule has 0 aliphatic heterocycles. The van der Waals surface area contributed by atoms with Crippen LogP contribution < -0.4 is 15.2 Å². The smallest absolute Gasteiger partial charge is 0.251 e. The van der Waals surface area contributed by atoms with Crippen LogP contribution in [0, 0.1) is 0 Å². The van der Waals surface area contributed by atoms with Crippen LogP contribution in [0.4, 0.5) is 5.82 Å². The van der Waals surface area contributed by atoms with Crippen molar-refractivity contribution in [3.05, 3.63) is 64.7 Å². The van der Waals surface area contributed by atoms with Gasteiger partial charge < -0.3 is 14.6 Å². The van der Waals surface area contributed by atoms with Crippen LogP contribution in [0.2, 0.25) is 0 Å². The number of aromatic nitrogens is 3. The van der Waals surface area contributed by atoms with Gasteiger partial charge in [0, 0.05) is 43.4 Å². The fourth-order valence-corrected chi connectivity index (χ4v) is 3.60. The van der Waals surface area contributed by atoms with E-state index >= 15 is 0 Å². The second-order valence-corrected chi connectivity index (χ2v) is 9.23. The number of anilines is 1. The maximum Gasteiger partial charge on any atom is 0.251 e. The third-order valence-electron chi connectivity index (χ3n) is 4.73. The molecule has 8 nitrogen and oxygen atoms in total. The lowest BCUT2D eigenvalue weighted by molar-refractivity contribution is 0.312. The third-order valence-corrected chi connectivity index (χ3v) is 5.86. The van der Waals surface area contributed by atoms with Crippen LogP contribution in [0.25, 0.3) is 11.4 Å². The molecule has 3 rings (SSSR count). The fraction of sp³-hybridized carbons (Fsp3) is 0.318. The first-order valence-corrected chi connectivity index (χ1v) is 11.9. The third kappa shape index (κ3) is 6.14. The molecule has 0 radical (unpaired) electrons. The van der Waals surface area contributed by atoms with Gasteiger partial charge in [0.1, 0.15) is 17.4 Å². The summed E-state index contributed by atoms with van der Waals surface area (Å²) in [5, 5.41) is 0. The summed E-state index contributed by atoms with van der Waals surface area (Å²) in [5.41, 5.74) is 1.32. The molecule has 0 spiro atoms. The molecule has 2 aromatic heterocycles. The van der Waals surface area contributed by atoms with Crippen LogP contribution in [0.5, 0.6) is 5.75 Å². The maximum atomic E-state index is 11.8. The minimum absolute atomic E-state index is 0.172. The number of sulfone groups is 1. The monoisotopic (exact) mass is 442 g/mol. The van der Waals surface area contributed by atoms with Gasteiger partial charge in [-0.2, -0.15) is 0 Å². The molecule has 1 N–H and O–H groups in total. The summed E-state index contributed by atoms with van der Waals surface area (Å²) in [6, 6.07) is 11.7. The molecule has 0 saturated carbocycles. The number of nitrogens with zero attached hydrogens (tertiary/aromatic N) is 3. The number of ether oxygens (including phenoxy) is 1. The average molecular weight is 443 g/mol. The highest BCUT2D eigenvalue weighted by Crippen LogP contribution is 2.18. The van der Waals surface area contributed by atoms with Crippen LogP contribution in [0.15, 0.2) is 58.4 Å². The van der Waals surface area contributed by atoms with Gasteiger partial charge in [-0.25, -0.2) is 18.4 Å². The van der Waals surface area contributed by atoms with E-state index in [9.17, 15) is 13.2 Å². The molecule has 0 saturated heterocycles. The van der Waals surface area contributed by atoms with Crippen LogP contribution in [-0.4, -0.2) is 49.8 Å². The van der Waals surface area contributed by atoms with E-state index in [-0.39, 0.29) is 10.5 Å². The van der Waals surface area contributed by atoms with Crippen LogP contribution >= 0.6 is 0 Å². The molecule has 9 heteroatoms. The van der Waals surface area contributed by atoms with Crippen molar-refractivity contribution in [1.82, 2.24) is 15.0 Å². The molecule has 0 amide bonds. The zero-order valence-electron chi connectivity index (χ0n) is 17.8. The largest absolute Gasteiger partial charge is 0.494 e. The van der Waals surface area contributed by atoms with Gasteiger partial charge in [0.05, 0.1) is 11.5 Å². The number of pyridine rings is 1. The Balaban J connectivity index is 1.52. The van der Waals surface area contributed by atoms with Crippen molar-refractivity contribution in [2.75, 3.05) is 31.4 Å². The fourth-order valence-electron chi connectivity index (χ4n) is 2.97. The molecule has 31 heavy (non-hydrogen) atoms. The molecule has 2 heterocycles. The Morgan fingerprint density at radius 1 is 1.13 bits per heavy atom. The van der Waals surface area contributed by atoms with E-state index < -0.39 is 9.84 Å². The Hall–Kier alpha value is -3.20. The molecule has 0 atom stereocenters. The predicted octanol–water partition coefficient (Wildman–Crippen LogP) is 2.70. The molecule has 0 fully saturated rings. The molecular formula is C22H26N4O4S. The lowest BCUT2D eigenvalue weighted by atomic mass is 10.2. The van der Waals surface area contributed by atoms with Crippen LogP contribution in [0.3, 0.4) is 0 Å². The van der Waals surface area contributed by atoms with E-state index in [2.05, 4.69) is 15.0 Å². The predicted molar refractivity (Wildman–Crippen MR) is 120 cm³/mol. The second kappa shape index (κ2) is 9.74. The van der Waals surface area contributed by atoms with Gasteiger partial charge in [0.2, 0.25) is 0 Å². The Bertz CT molecular complexity index is 1170. The number of H-pyrrole nitrogens is 1. The maximum absolute atomic E-state index is 11.8. The average Bonchev–Trinajstić information content (AvgIpc) is 2.76. The summed E-state index contributed by atoms with van der Waals surface area (Å²) in [6.45, 7) is 3.18. The molecule has 3 aromatic rings. The number of rotatable bonds is 9. The van der Waals surface area contributed by atoms with E-state index in [0.717, 1.165) is 30.0 Å². The first-order valence-electron chi connectivity index (χ1n) is 9.97.